The molecule has 4 heteroatoms. The largest absolute Gasteiger partial charge is 0.388 e. The Bertz CT molecular complexity index is 465. The van der Waals surface area contributed by atoms with Gasteiger partial charge in [-0.15, -0.1) is 0 Å². The van der Waals surface area contributed by atoms with Gasteiger partial charge in [0.2, 0.25) is 0 Å². The summed E-state index contributed by atoms with van der Waals surface area (Å²) < 4.78 is 0. The summed E-state index contributed by atoms with van der Waals surface area (Å²) in [6.45, 7) is 0. The predicted molar refractivity (Wildman–Crippen MR) is 59.7 cm³/mol. The molecule has 2 aromatic rings. The number of aromatic nitrogens is 2. The number of nitrogens with one attached hydrogen (secondary N) is 1. The Morgan fingerprint density at radius 2 is 2.12 bits per heavy atom. The normalized spacial score (nSPS) is 12.3. The lowest BCUT2D eigenvalue weighted by atomic mass is 10.0. The number of aliphatic hydroxyl groups excluding tert-OH is 1. The summed E-state index contributed by atoms with van der Waals surface area (Å²) in [5.41, 5.74) is 2.35. The minimum Gasteiger partial charge on any atom is -0.388 e. The Morgan fingerprint density at radius 1 is 1.38 bits per heavy atom. The summed E-state index contributed by atoms with van der Waals surface area (Å²) in [4.78, 5) is 10.4. The summed E-state index contributed by atoms with van der Waals surface area (Å²) in [6.07, 6.45) is 1.54. The van der Waals surface area contributed by atoms with Gasteiger partial charge >= 0.3 is 0 Å². The molecule has 0 bridgehead atoms. The predicted octanol–water partition coefficient (Wildman–Crippen LogP) is 1.70. The third-order valence-corrected chi connectivity index (χ3v) is 2.41. The first-order chi connectivity index (χ1) is 7.83. The highest BCUT2D eigenvalue weighted by Crippen LogP contribution is 2.26. The molecule has 16 heavy (non-hydrogen) atoms. The maximum Gasteiger partial charge on any atom is 0.122 e. The van der Waals surface area contributed by atoms with Crippen molar-refractivity contribution in [2.45, 2.75) is 12.5 Å². The molecule has 0 aliphatic rings. The van der Waals surface area contributed by atoms with Gasteiger partial charge < -0.3 is 9.90 Å². The third-order valence-electron chi connectivity index (χ3n) is 2.41. The zero-order valence-corrected chi connectivity index (χ0v) is 8.63. The molecule has 0 amide bonds. The highest BCUT2D eigenvalue weighted by Gasteiger charge is 2.14. The zero-order valence-electron chi connectivity index (χ0n) is 8.63. The molecule has 4 nitrogen and oxygen atoms in total. The van der Waals surface area contributed by atoms with Crippen molar-refractivity contribution < 1.29 is 9.90 Å². The van der Waals surface area contributed by atoms with Gasteiger partial charge in [-0.3, -0.25) is 5.10 Å². The molecule has 0 aliphatic heterocycles. The number of nitrogens with zero attached hydrogens (tertiary/aromatic N) is 1. The van der Waals surface area contributed by atoms with Gasteiger partial charge in [-0.05, 0) is 5.56 Å². The Morgan fingerprint density at radius 3 is 2.81 bits per heavy atom. The maximum atomic E-state index is 10.4. The van der Waals surface area contributed by atoms with E-state index in [1.165, 1.54) is 0 Å². The molecule has 0 saturated carbocycles. The molecule has 0 radical (unpaired) electrons. The topological polar surface area (TPSA) is 66.0 Å². The van der Waals surface area contributed by atoms with E-state index in [4.69, 9.17) is 0 Å². The van der Waals surface area contributed by atoms with Gasteiger partial charge in [-0.2, -0.15) is 5.10 Å². The average Bonchev–Trinajstić information content (AvgIpc) is 2.79. The van der Waals surface area contributed by atoms with E-state index in [1.807, 2.05) is 30.3 Å². The van der Waals surface area contributed by atoms with E-state index in [1.54, 1.807) is 6.20 Å². The minimum atomic E-state index is -0.800. The number of aldehydes is 1. The van der Waals surface area contributed by atoms with Crippen LogP contribution >= 0.6 is 0 Å². The molecule has 0 aliphatic carbocycles. The molecule has 2 N–H and O–H groups in total. The molecule has 1 atom stereocenters. The highest BCUT2D eigenvalue weighted by atomic mass is 16.3. The fourth-order valence-corrected chi connectivity index (χ4v) is 1.60. The van der Waals surface area contributed by atoms with E-state index >= 15 is 0 Å². The van der Waals surface area contributed by atoms with E-state index in [2.05, 4.69) is 10.2 Å². The molecule has 1 unspecified atom stereocenters. The smallest absolute Gasteiger partial charge is 0.122 e. The Kier molecular flexibility index (Phi) is 3.12. The van der Waals surface area contributed by atoms with E-state index in [-0.39, 0.29) is 6.42 Å². The second-order valence-corrected chi connectivity index (χ2v) is 3.48. The van der Waals surface area contributed by atoms with Gasteiger partial charge in [0, 0.05) is 12.0 Å². The summed E-state index contributed by atoms with van der Waals surface area (Å²) in [7, 11) is 0. The number of H-pyrrole nitrogens is 1. The Labute approximate surface area is 92.9 Å². The molecular formula is C12H12N2O2. The van der Waals surface area contributed by atoms with Crippen molar-refractivity contribution in [2.24, 2.45) is 0 Å². The number of aromatic amines is 1. The quantitative estimate of drug-likeness (QED) is 0.764. The van der Waals surface area contributed by atoms with Gasteiger partial charge in [0.05, 0.1) is 18.0 Å². The lowest BCUT2D eigenvalue weighted by Gasteiger charge is -2.07. The number of carbonyl (C=O) groups excluding carboxylic acids is 1. The molecule has 0 fully saturated rings. The molecule has 1 aromatic carbocycles. The number of hydrogen-bond acceptors (Lipinski definition) is 3. The summed E-state index contributed by atoms with van der Waals surface area (Å²) in [6, 6.07) is 9.58. The van der Waals surface area contributed by atoms with E-state index < -0.39 is 6.10 Å². The molecule has 2 rings (SSSR count). The Hall–Kier alpha value is -1.94. The van der Waals surface area contributed by atoms with Crippen LogP contribution in [0.2, 0.25) is 0 Å². The summed E-state index contributed by atoms with van der Waals surface area (Å²) >= 11 is 0. The molecule has 1 aromatic heterocycles. The lowest BCUT2D eigenvalue weighted by molar-refractivity contribution is -0.109. The van der Waals surface area contributed by atoms with E-state index in [9.17, 15) is 9.90 Å². The molecular weight excluding hydrogens is 204 g/mol. The molecule has 82 valence electrons. The van der Waals surface area contributed by atoms with Crippen molar-refractivity contribution in [3.63, 3.8) is 0 Å². The second kappa shape index (κ2) is 4.72. The van der Waals surface area contributed by atoms with Crippen molar-refractivity contribution in [2.75, 3.05) is 0 Å². The van der Waals surface area contributed by atoms with Crippen LogP contribution in [0.15, 0.2) is 36.5 Å². The van der Waals surface area contributed by atoms with Crippen LogP contribution < -0.4 is 0 Å². The van der Waals surface area contributed by atoms with Crippen molar-refractivity contribution in [1.82, 2.24) is 10.2 Å². The monoisotopic (exact) mass is 216 g/mol. The number of benzene rings is 1. The highest BCUT2D eigenvalue weighted by molar-refractivity contribution is 5.64. The van der Waals surface area contributed by atoms with Crippen LogP contribution in [0.4, 0.5) is 0 Å². The van der Waals surface area contributed by atoms with Gasteiger partial charge in [0.25, 0.3) is 0 Å². The van der Waals surface area contributed by atoms with Crippen molar-refractivity contribution >= 4 is 6.29 Å². The number of aliphatic hydroxyl groups is 1. The Balaban J connectivity index is 2.36. The van der Waals surface area contributed by atoms with Crippen LogP contribution in [-0.2, 0) is 4.79 Å². The average molecular weight is 216 g/mol. The van der Waals surface area contributed by atoms with Crippen LogP contribution in [-0.4, -0.2) is 21.6 Å². The van der Waals surface area contributed by atoms with Crippen molar-refractivity contribution in [3.8, 4) is 11.3 Å². The maximum absolute atomic E-state index is 10.4. The fraction of sp³-hybridized carbons (Fsp3) is 0.167. The van der Waals surface area contributed by atoms with E-state index in [0.717, 1.165) is 11.3 Å². The van der Waals surface area contributed by atoms with Gasteiger partial charge in [0.15, 0.2) is 0 Å². The molecule has 0 spiro atoms. The molecule has 1 heterocycles. The lowest BCUT2D eigenvalue weighted by Crippen LogP contribution is -1.98. The third kappa shape index (κ3) is 2.01. The summed E-state index contributed by atoms with van der Waals surface area (Å²) in [5, 5.41) is 16.5. The van der Waals surface area contributed by atoms with E-state index in [0.29, 0.717) is 11.8 Å². The zero-order chi connectivity index (χ0) is 11.4. The van der Waals surface area contributed by atoms with Crippen LogP contribution in [0.25, 0.3) is 11.3 Å². The summed E-state index contributed by atoms with van der Waals surface area (Å²) in [5.74, 6) is 0. The van der Waals surface area contributed by atoms with Crippen molar-refractivity contribution in [3.05, 3.63) is 42.1 Å². The first kappa shape index (κ1) is 10.6. The molecule has 0 saturated heterocycles. The van der Waals surface area contributed by atoms with Gasteiger partial charge in [-0.1, -0.05) is 30.3 Å². The standard InChI is InChI=1S/C12H12N2O2/c15-7-6-11(16)10-8-13-14-12(10)9-4-2-1-3-5-9/h1-5,7-8,11,16H,6H2,(H,13,14). The van der Waals surface area contributed by atoms with Crippen molar-refractivity contribution in [1.29, 1.82) is 0 Å². The van der Waals surface area contributed by atoms with Crippen LogP contribution in [0.5, 0.6) is 0 Å². The second-order valence-electron chi connectivity index (χ2n) is 3.48. The number of carbonyl (C=O) groups is 1. The fourth-order valence-electron chi connectivity index (χ4n) is 1.60. The SMILES string of the molecule is O=CCC(O)c1cn[nH]c1-c1ccccc1. The minimum absolute atomic E-state index is 0.0827. The van der Waals surface area contributed by atoms with Crippen LogP contribution in [0.1, 0.15) is 18.1 Å². The van der Waals surface area contributed by atoms with Gasteiger partial charge in [0.1, 0.15) is 6.29 Å². The first-order valence-corrected chi connectivity index (χ1v) is 5.03. The van der Waals surface area contributed by atoms with Crippen LogP contribution in [0.3, 0.4) is 0 Å². The number of hydrogen-bond donors (Lipinski definition) is 2. The first-order valence-electron chi connectivity index (χ1n) is 5.03. The van der Waals surface area contributed by atoms with Crippen LogP contribution in [0, 0.1) is 0 Å². The van der Waals surface area contributed by atoms with Gasteiger partial charge in [-0.25, -0.2) is 0 Å². The number of rotatable bonds is 4.